The Balaban J connectivity index is 1.17. The molecule has 2 saturated heterocycles. The number of aryl methyl sites for hydroxylation is 1. The maximum atomic E-state index is 15.0. The van der Waals surface area contributed by atoms with Gasteiger partial charge in [0.25, 0.3) is 0 Å². The fraction of sp³-hybridized carbons (Fsp3) is 0.520. The molecule has 1 aromatic carbocycles. The molecule has 3 aromatic rings. The molecule has 2 aromatic heterocycles. The molecule has 2 aliphatic heterocycles. The quantitative estimate of drug-likeness (QED) is 0.576. The predicted octanol–water partition coefficient (Wildman–Crippen LogP) is 3.47. The summed E-state index contributed by atoms with van der Waals surface area (Å²) in [5.74, 6) is 0.980. The van der Waals surface area contributed by atoms with E-state index in [1.54, 1.807) is 11.0 Å². The van der Waals surface area contributed by atoms with Crippen LogP contribution in [0.3, 0.4) is 0 Å². The minimum absolute atomic E-state index is 0.237. The first-order chi connectivity index (χ1) is 17.2. The molecule has 35 heavy (non-hydrogen) atoms. The van der Waals surface area contributed by atoms with E-state index in [0.29, 0.717) is 29.2 Å². The second-order valence-corrected chi connectivity index (χ2v) is 9.84. The molecule has 0 unspecified atom stereocenters. The van der Waals surface area contributed by atoms with E-state index in [-0.39, 0.29) is 11.8 Å². The molecule has 0 radical (unpaired) electrons. The molecule has 4 heterocycles. The van der Waals surface area contributed by atoms with Gasteiger partial charge in [-0.25, -0.2) is 14.4 Å². The van der Waals surface area contributed by atoms with Crippen LogP contribution < -0.4 is 16.0 Å². The molecule has 3 aliphatic rings. The highest BCUT2D eigenvalue weighted by atomic mass is 19.1. The number of nitrogens with one attached hydrogen (secondary N) is 1. The highest BCUT2D eigenvalue weighted by Gasteiger charge is 2.34. The third kappa shape index (κ3) is 4.42. The van der Waals surface area contributed by atoms with Crippen molar-refractivity contribution in [1.82, 2.24) is 29.6 Å². The van der Waals surface area contributed by atoms with Gasteiger partial charge in [0, 0.05) is 36.1 Å². The summed E-state index contributed by atoms with van der Waals surface area (Å²) in [6.07, 6.45) is 10.6. The van der Waals surface area contributed by atoms with Crippen LogP contribution in [0, 0.1) is 5.82 Å². The van der Waals surface area contributed by atoms with E-state index in [2.05, 4.69) is 35.2 Å². The molecule has 0 amide bonds. The standard InChI is InChI=1S/C25H32FN9/c26-20-13-17(9-10-22(20)34-14-18(15-34)33-11-5-6-12-33)30-25-31-24(27)35(32-25)23-19-7-3-1-2-4-8-21(19)28-16-29-23/h9-10,13,16,18H,1-8,11-12,14-15H2,(H3,27,30,31,32). The smallest absolute Gasteiger partial charge is 0.248 e. The zero-order chi connectivity index (χ0) is 23.8. The average molecular weight is 478 g/mol. The molecule has 0 saturated carbocycles. The van der Waals surface area contributed by atoms with Crippen LogP contribution in [-0.2, 0) is 12.8 Å². The van der Waals surface area contributed by atoms with Gasteiger partial charge in [0.2, 0.25) is 11.9 Å². The van der Waals surface area contributed by atoms with Gasteiger partial charge in [0.1, 0.15) is 12.1 Å². The van der Waals surface area contributed by atoms with E-state index in [1.165, 1.54) is 44.8 Å². The van der Waals surface area contributed by atoms with E-state index in [9.17, 15) is 4.39 Å². The summed E-state index contributed by atoms with van der Waals surface area (Å²) in [6, 6.07) is 5.73. The Bertz CT molecular complexity index is 1200. The summed E-state index contributed by atoms with van der Waals surface area (Å²) in [5, 5.41) is 7.65. The second kappa shape index (κ2) is 9.41. The van der Waals surface area contributed by atoms with Crippen molar-refractivity contribution >= 4 is 23.3 Å². The molecule has 0 atom stereocenters. The molecule has 1 aliphatic carbocycles. The number of likely N-dealkylation sites (tertiary alicyclic amines) is 1. The third-order valence-electron chi connectivity index (χ3n) is 7.50. The number of fused-ring (bicyclic) bond motifs is 1. The number of nitrogen functional groups attached to an aromatic ring is 1. The van der Waals surface area contributed by atoms with E-state index in [0.717, 1.165) is 50.0 Å². The van der Waals surface area contributed by atoms with Crippen LogP contribution in [0.15, 0.2) is 24.5 Å². The molecule has 10 heteroatoms. The van der Waals surface area contributed by atoms with Crippen LogP contribution in [0.4, 0.5) is 27.7 Å². The first-order valence-corrected chi connectivity index (χ1v) is 12.8. The van der Waals surface area contributed by atoms with Gasteiger partial charge >= 0.3 is 0 Å². The van der Waals surface area contributed by atoms with E-state index < -0.39 is 0 Å². The Labute approximate surface area is 204 Å². The topological polar surface area (TPSA) is 101 Å². The van der Waals surface area contributed by atoms with Crippen LogP contribution in [0.5, 0.6) is 0 Å². The van der Waals surface area contributed by atoms with Gasteiger partial charge in [-0.1, -0.05) is 12.8 Å². The number of halogens is 1. The Kier molecular flexibility index (Phi) is 5.97. The van der Waals surface area contributed by atoms with E-state index >= 15 is 0 Å². The minimum Gasteiger partial charge on any atom is -0.368 e. The lowest BCUT2D eigenvalue weighted by Gasteiger charge is -2.45. The van der Waals surface area contributed by atoms with Gasteiger partial charge < -0.3 is 16.0 Å². The fourth-order valence-corrected chi connectivity index (χ4v) is 5.53. The van der Waals surface area contributed by atoms with Crippen molar-refractivity contribution in [3.8, 4) is 5.82 Å². The maximum absolute atomic E-state index is 15.0. The molecule has 0 bridgehead atoms. The number of benzene rings is 1. The van der Waals surface area contributed by atoms with Gasteiger partial charge in [-0.3, -0.25) is 4.90 Å². The summed E-state index contributed by atoms with van der Waals surface area (Å²) in [7, 11) is 0. The monoisotopic (exact) mass is 477 g/mol. The first kappa shape index (κ1) is 22.2. The SMILES string of the molecule is Nc1nc(Nc2ccc(N3CC(N4CCCC4)C3)c(F)c2)nn1-c1ncnc2c1CCCCCC2. The number of rotatable bonds is 5. The van der Waals surface area contributed by atoms with Crippen molar-refractivity contribution in [2.24, 2.45) is 0 Å². The second-order valence-electron chi connectivity index (χ2n) is 9.84. The normalized spacial score (nSPS) is 19.2. The number of hydrogen-bond donors (Lipinski definition) is 2. The lowest BCUT2D eigenvalue weighted by molar-refractivity contribution is 0.204. The van der Waals surface area contributed by atoms with Crippen molar-refractivity contribution < 1.29 is 4.39 Å². The Hall–Kier alpha value is -3.27. The van der Waals surface area contributed by atoms with Gasteiger partial charge in [-0.15, -0.1) is 5.10 Å². The molecule has 2 fully saturated rings. The van der Waals surface area contributed by atoms with Crippen LogP contribution in [0.1, 0.15) is 49.8 Å². The van der Waals surface area contributed by atoms with Crippen LogP contribution >= 0.6 is 0 Å². The van der Waals surface area contributed by atoms with E-state index in [4.69, 9.17) is 5.73 Å². The zero-order valence-corrected chi connectivity index (χ0v) is 20.0. The molecule has 184 valence electrons. The van der Waals surface area contributed by atoms with Crippen LogP contribution in [0.25, 0.3) is 5.82 Å². The average Bonchev–Trinajstić information content (AvgIpc) is 3.44. The highest BCUT2D eigenvalue weighted by Crippen LogP contribution is 2.31. The largest absolute Gasteiger partial charge is 0.368 e. The summed E-state index contributed by atoms with van der Waals surface area (Å²) >= 11 is 0. The van der Waals surface area contributed by atoms with Gasteiger partial charge in [0.15, 0.2) is 5.82 Å². The minimum atomic E-state index is -0.250. The Morgan fingerprint density at radius 3 is 2.57 bits per heavy atom. The molecular weight excluding hydrogens is 445 g/mol. The number of hydrogen-bond acceptors (Lipinski definition) is 8. The van der Waals surface area contributed by atoms with Crippen molar-refractivity contribution in [3.05, 3.63) is 41.6 Å². The van der Waals surface area contributed by atoms with E-state index in [1.807, 2.05) is 12.1 Å². The summed E-state index contributed by atoms with van der Waals surface area (Å²) in [5.41, 5.74) is 9.60. The molecule has 9 nitrogen and oxygen atoms in total. The number of aromatic nitrogens is 5. The van der Waals surface area contributed by atoms with Gasteiger partial charge in [0.05, 0.1) is 5.69 Å². The number of nitrogens with zero attached hydrogens (tertiary/aromatic N) is 7. The molecule has 6 rings (SSSR count). The summed E-state index contributed by atoms with van der Waals surface area (Å²) in [4.78, 5) is 18.0. The summed E-state index contributed by atoms with van der Waals surface area (Å²) < 4.78 is 16.5. The van der Waals surface area contributed by atoms with Crippen LogP contribution in [-0.4, -0.2) is 61.9 Å². The zero-order valence-electron chi connectivity index (χ0n) is 20.0. The van der Waals surface area contributed by atoms with Crippen molar-refractivity contribution in [1.29, 1.82) is 0 Å². The lowest BCUT2D eigenvalue weighted by atomic mass is 9.97. The third-order valence-corrected chi connectivity index (χ3v) is 7.50. The van der Waals surface area contributed by atoms with Gasteiger partial charge in [-0.05, 0) is 69.8 Å². The molecular formula is C25H32FN9. The predicted molar refractivity (Wildman–Crippen MR) is 134 cm³/mol. The first-order valence-electron chi connectivity index (χ1n) is 12.8. The molecule has 0 spiro atoms. The number of nitrogens with two attached hydrogens (primary N) is 1. The van der Waals surface area contributed by atoms with Crippen LogP contribution in [0.2, 0.25) is 0 Å². The highest BCUT2D eigenvalue weighted by molar-refractivity contribution is 5.62. The van der Waals surface area contributed by atoms with Crippen molar-refractivity contribution in [3.63, 3.8) is 0 Å². The summed E-state index contributed by atoms with van der Waals surface area (Å²) in [6.45, 7) is 4.11. The van der Waals surface area contributed by atoms with Crippen molar-refractivity contribution in [2.75, 3.05) is 42.1 Å². The van der Waals surface area contributed by atoms with Crippen molar-refractivity contribution in [2.45, 2.75) is 57.4 Å². The maximum Gasteiger partial charge on any atom is 0.248 e. The van der Waals surface area contributed by atoms with Gasteiger partial charge in [-0.2, -0.15) is 9.67 Å². The lowest BCUT2D eigenvalue weighted by Crippen LogP contribution is -2.59. The Morgan fingerprint density at radius 1 is 0.971 bits per heavy atom. The number of anilines is 4. The molecule has 3 N–H and O–H groups in total. The fourth-order valence-electron chi connectivity index (χ4n) is 5.53. The Morgan fingerprint density at radius 2 is 1.77 bits per heavy atom.